The number of ketones is 1. The Bertz CT molecular complexity index is 109. The average Bonchev–Trinajstić information content (AvgIpc) is 1.68. The Balaban J connectivity index is -0.0000000564. The Morgan fingerprint density at radius 3 is 1.80 bits per heavy atom. The van der Waals surface area contributed by atoms with Crippen molar-refractivity contribution in [3.8, 4) is 0 Å². The molecule has 10 heavy (non-hydrogen) atoms. The van der Waals surface area contributed by atoms with E-state index in [1.807, 2.05) is 0 Å². The summed E-state index contributed by atoms with van der Waals surface area (Å²) in [6.45, 7) is 1.24. The first-order valence-corrected chi connectivity index (χ1v) is 2.59. The van der Waals surface area contributed by atoms with Crippen molar-refractivity contribution in [3.05, 3.63) is 0 Å². The third kappa shape index (κ3) is 23.6. The molecule has 0 aliphatic carbocycles. The van der Waals surface area contributed by atoms with Gasteiger partial charge in [0.15, 0.2) is 0 Å². The van der Waals surface area contributed by atoms with Crippen LogP contribution in [0.15, 0.2) is 0 Å². The second-order valence-electron chi connectivity index (χ2n) is 1.27. The predicted octanol–water partition coefficient (Wildman–Crippen LogP) is -2.95. The summed E-state index contributed by atoms with van der Waals surface area (Å²) in [6, 6.07) is 0. The van der Waals surface area contributed by atoms with Crippen molar-refractivity contribution in [1.82, 2.24) is 0 Å². The van der Waals surface area contributed by atoms with Crippen molar-refractivity contribution in [2.24, 2.45) is 0 Å². The third-order valence-corrected chi connectivity index (χ3v) is 0.400. The summed E-state index contributed by atoms with van der Waals surface area (Å²) in [5, 5.41) is 7.86. The van der Waals surface area contributed by atoms with Crippen LogP contribution in [0.5, 0.6) is 0 Å². The van der Waals surface area contributed by atoms with Crippen molar-refractivity contribution in [3.63, 3.8) is 0 Å². The molecule has 0 radical (unpaired) electrons. The molecule has 0 atom stereocenters. The van der Waals surface area contributed by atoms with Crippen LogP contribution in [0.25, 0.3) is 0 Å². The van der Waals surface area contributed by atoms with Gasteiger partial charge in [0.1, 0.15) is 12.2 Å². The topological polar surface area (TPSA) is 71.4 Å². The number of carbonyl (C=O) groups is 2. The number of rotatable bonds is 2. The molecule has 0 unspecified atom stereocenters. The number of Topliss-reactive ketones (excluding diaryl/α,β-unsaturated/α-hetero) is 1. The van der Waals surface area contributed by atoms with Crippen molar-refractivity contribution in [2.75, 3.05) is 0 Å². The van der Waals surface area contributed by atoms with E-state index in [1.165, 1.54) is 6.92 Å². The summed E-state index contributed by atoms with van der Waals surface area (Å²) >= 11 is 1.06. The zero-order valence-electron chi connectivity index (χ0n) is 6.83. The van der Waals surface area contributed by atoms with Crippen LogP contribution in [-0.4, -0.2) is 16.9 Å². The Kier molecular flexibility index (Phi) is 20.6. The molecule has 0 saturated heterocycles. The van der Waals surface area contributed by atoms with Gasteiger partial charge in [-0.3, -0.25) is 9.59 Å². The van der Waals surface area contributed by atoms with Crippen molar-refractivity contribution >= 4 is 11.8 Å². The van der Waals surface area contributed by atoms with Crippen LogP contribution in [0.3, 0.4) is 0 Å². The van der Waals surface area contributed by atoms with Gasteiger partial charge < -0.3 is 6.53 Å². The number of hydrogen-bond acceptors (Lipinski definition) is 3. The van der Waals surface area contributed by atoms with E-state index in [0.29, 0.717) is 0 Å². The van der Waals surface area contributed by atoms with Gasteiger partial charge in [0.25, 0.3) is 0 Å². The molecule has 0 rings (SSSR count). The minimum absolute atomic E-state index is 0. The van der Waals surface area contributed by atoms with Crippen LogP contribution in [0.2, 0.25) is 0 Å². The van der Waals surface area contributed by atoms with Crippen LogP contribution < -0.4 is 29.6 Å². The Hall–Kier alpha value is 0.524. The summed E-state index contributed by atoms with van der Waals surface area (Å²) in [5.74, 6) is -1.37. The maximum atomic E-state index is 9.87. The first-order valence-electron chi connectivity index (χ1n) is 2.02. The Morgan fingerprint density at radius 2 is 1.80 bits per heavy atom. The molecule has 0 aromatic heterocycles. The van der Waals surface area contributed by atoms with E-state index >= 15 is 0 Å². The zero-order valence-corrected chi connectivity index (χ0v) is 9.22. The average molecular weight is 193 g/mol. The van der Waals surface area contributed by atoms with E-state index in [0.717, 1.165) is 17.4 Å². The molecule has 0 amide bonds. The zero-order chi connectivity index (χ0) is 7.86. The normalized spacial score (nSPS) is 6.00. The molecule has 0 aliphatic heterocycles. The molecule has 0 spiro atoms. The van der Waals surface area contributed by atoms with Gasteiger partial charge in [-0.25, -0.2) is 0 Å². The fourth-order valence-electron chi connectivity index (χ4n) is 0.213. The SMILES string of the molecule is CC(=O)CC(=O)O.[H-].[Na+].[O]=[V]. The number of carboxylic acid groups (broad SMARTS) is 1. The van der Waals surface area contributed by atoms with Crippen molar-refractivity contribution < 1.29 is 66.7 Å². The molecule has 1 N–H and O–H groups in total. The first-order chi connectivity index (χ1) is 4.13. The summed E-state index contributed by atoms with van der Waals surface area (Å²) in [6.07, 6.45) is -0.361. The van der Waals surface area contributed by atoms with Gasteiger partial charge in [0, 0.05) is 0 Å². The van der Waals surface area contributed by atoms with Crippen molar-refractivity contribution in [1.29, 1.82) is 0 Å². The molecule has 0 aromatic rings. The maximum absolute atomic E-state index is 9.87. The molecular weight excluding hydrogens is 186 g/mol. The van der Waals surface area contributed by atoms with Crippen LogP contribution >= 0.6 is 0 Å². The fourth-order valence-corrected chi connectivity index (χ4v) is 0.213. The van der Waals surface area contributed by atoms with E-state index in [-0.39, 0.29) is 43.2 Å². The minimum atomic E-state index is -1.06. The second kappa shape index (κ2) is 12.2. The molecule has 0 heterocycles. The number of carboxylic acids is 1. The van der Waals surface area contributed by atoms with Gasteiger partial charge in [-0.1, -0.05) is 0 Å². The van der Waals surface area contributed by atoms with Crippen LogP contribution in [0, 0.1) is 0 Å². The van der Waals surface area contributed by atoms with Gasteiger partial charge in [0.05, 0.1) is 0 Å². The Morgan fingerprint density at radius 1 is 1.50 bits per heavy atom. The summed E-state index contributed by atoms with van der Waals surface area (Å²) in [4.78, 5) is 19.5. The molecule has 6 heteroatoms. The number of carbonyl (C=O) groups excluding carboxylic acids is 1. The quantitative estimate of drug-likeness (QED) is 0.376. The molecule has 0 aliphatic rings. The molecule has 0 saturated carbocycles. The van der Waals surface area contributed by atoms with E-state index in [1.54, 1.807) is 0 Å². The summed E-state index contributed by atoms with van der Waals surface area (Å²) < 4.78 is 8.19. The summed E-state index contributed by atoms with van der Waals surface area (Å²) in [7, 11) is 0. The van der Waals surface area contributed by atoms with E-state index in [9.17, 15) is 9.59 Å². The number of hydrogen-bond donors (Lipinski definition) is 1. The van der Waals surface area contributed by atoms with Gasteiger partial charge in [0.2, 0.25) is 0 Å². The van der Waals surface area contributed by atoms with E-state index in [2.05, 4.69) is 0 Å². The predicted molar refractivity (Wildman–Crippen MR) is 24.7 cm³/mol. The van der Waals surface area contributed by atoms with Crippen LogP contribution in [0.1, 0.15) is 14.8 Å². The molecule has 4 nitrogen and oxygen atoms in total. The van der Waals surface area contributed by atoms with Gasteiger partial charge in [-0.15, -0.1) is 0 Å². The molecule has 0 aromatic carbocycles. The number of aliphatic carboxylic acids is 1. The third-order valence-electron chi connectivity index (χ3n) is 0.400. The van der Waals surface area contributed by atoms with Crippen LogP contribution in [0.4, 0.5) is 0 Å². The van der Waals surface area contributed by atoms with Gasteiger partial charge in [-0.05, 0) is 6.92 Å². The van der Waals surface area contributed by atoms with Gasteiger partial charge >= 0.3 is 56.6 Å². The summed E-state index contributed by atoms with van der Waals surface area (Å²) in [5.41, 5.74) is 0. The monoisotopic (exact) mass is 193 g/mol. The standard InChI is InChI=1S/C4H6O3.Na.O.V.H/c1-3(5)2-4(6)7;;;;/h2H2,1H3,(H,6,7);;;;/q;+1;;;-1. The first kappa shape index (κ1) is 16.9. The Labute approximate surface area is 91.3 Å². The van der Waals surface area contributed by atoms with Crippen LogP contribution in [-0.2, 0) is 30.6 Å². The molecular formula is C4H7NaO4V. The van der Waals surface area contributed by atoms with Gasteiger partial charge in [-0.2, -0.15) is 0 Å². The second-order valence-corrected chi connectivity index (χ2v) is 1.27. The van der Waals surface area contributed by atoms with Crippen molar-refractivity contribution in [2.45, 2.75) is 13.3 Å². The molecule has 0 fully saturated rings. The fraction of sp³-hybridized carbons (Fsp3) is 0.500. The molecule has 53 valence electrons. The van der Waals surface area contributed by atoms with E-state index < -0.39 is 5.97 Å². The van der Waals surface area contributed by atoms with E-state index in [4.69, 9.17) is 8.78 Å². The molecule has 0 bridgehead atoms.